The van der Waals surface area contributed by atoms with Gasteiger partial charge in [0.1, 0.15) is 18.2 Å². The molecule has 1 aromatic rings. The molecule has 0 N–H and O–H groups in total. The Morgan fingerprint density at radius 1 is 1.14 bits per heavy atom. The number of alkyl halides is 2. The summed E-state index contributed by atoms with van der Waals surface area (Å²) in [5.74, 6) is -0.562. The molecule has 1 saturated heterocycles. The fraction of sp³-hybridized carbons (Fsp3) is 0.571. The highest BCUT2D eigenvalue weighted by Crippen LogP contribution is 2.37. The van der Waals surface area contributed by atoms with Gasteiger partial charge in [-0.3, -0.25) is 0 Å². The van der Waals surface area contributed by atoms with E-state index >= 15 is 0 Å². The first-order valence-corrected chi connectivity index (χ1v) is 6.68. The third kappa shape index (κ3) is 3.35. The molecule has 21 heavy (non-hydrogen) atoms. The molecule has 1 aromatic carbocycles. The fourth-order valence-electron chi connectivity index (χ4n) is 1.95. The minimum atomic E-state index is -2.64. The first kappa shape index (κ1) is 16.2. The lowest BCUT2D eigenvalue weighted by molar-refractivity contribution is 0.00578. The second-order valence-electron chi connectivity index (χ2n) is 5.97. The molecule has 0 amide bonds. The van der Waals surface area contributed by atoms with Gasteiger partial charge in [-0.2, -0.15) is 0 Å². The Morgan fingerprint density at radius 3 is 2.24 bits per heavy atom. The van der Waals surface area contributed by atoms with Gasteiger partial charge >= 0.3 is 7.12 Å². The van der Waals surface area contributed by atoms with E-state index in [-0.39, 0.29) is 5.75 Å². The van der Waals surface area contributed by atoms with E-state index in [4.69, 9.17) is 14.0 Å². The van der Waals surface area contributed by atoms with Gasteiger partial charge in [0.15, 0.2) is 0 Å². The average Bonchev–Trinajstić information content (AvgIpc) is 2.55. The molecular formula is C14H18BF3O3. The van der Waals surface area contributed by atoms with Crippen molar-refractivity contribution in [2.24, 2.45) is 0 Å². The summed E-state index contributed by atoms with van der Waals surface area (Å²) in [5, 5.41) is 0. The third-order valence-electron chi connectivity index (χ3n) is 3.85. The molecule has 0 aliphatic carbocycles. The highest BCUT2D eigenvalue weighted by molar-refractivity contribution is 6.63. The molecule has 116 valence electrons. The fourth-order valence-corrected chi connectivity index (χ4v) is 1.95. The molecular weight excluding hydrogens is 284 g/mol. The third-order valence-corrected chi connectivity index (χ3v) is 3.85. The van der Waals surface area contributed by atoms with E-state index in [1.807, 2.05) is 27.7 Å². The van der Waals surface area contributed by atoms with Crippen molar-refractivity contribution < 1.29 is 27.2 Å². The Labute approximate surface area is 122 Å². The second kappa shape index (κ2) is 5.53. The van der Waals surface area contributed by atoms with E-state index in [0.717, 1.165) is 6.07 Å². The summed E-state index contributed by atoms with van der Waals surface area (Å²) in [4.78, 5) is 0. The molecule has 0 saturated carbocycles. The van der Waals surface area contributed by atoms with Crippen LogP contribution in [0.5, 0.6) is 5.75 Å². The van der Waals surface area contributed by atoms with Crippen LogP contribution in [0.3, 0.4) is 0 Å². The van der Waals surface area contributed by atoms with Crippen LogP contribution in [0, 0.1) is 5.82 Å². The summed E-state index contributed by atoms with van der Waals surface area (Å²) >= 11 is 0. The van der Waals surface area contributed by atoms with Crippen LogP contribution in [0.4, 0.5) is 13.2 Å². The molecule has 1 heterocycles. The molecule has 0 spiro atoms. The van der Waals surface area contributed by atoms with Gasteiger partial charge in [0.25, 0.3) is 6.43 Å². The number of halogens is 3. The van der Waals surface area contributed by atoms with Gasteiger partial charge in [-0.15, -0.1) is 0 Å². The lowest BCUT2D eigenvalue weighted by Gasteiger charge is -2.32. The zero-order valence-corrected chi connectivity index (χ0v) is 12.5. The summed E-state index contributed by atoms with van der Waals surface area (Å²) < 4.78 is 54.5. The van der Waals surface area contributed by atoms with Crippen LogP contribution in [0.2, 0.25) is 0 Å². The highest BCUT2D eigenvalue weighted by atomic mass is 19.3. The standard InChI is InChI=1S/C14H18BF3O3/c1-13(2)14(3,4)21-15(20-13)10-6-5-9(16)7-11(10)19-8-12(17)18/h5-7,12H,8H2,1-4H3. The summed E-state index contributed by atoms with van der Waals surface area (Å²) in [6, 6.07) is 3.71. The highest BCUT2D eigenvalue weighted by Gasteiger charge is 2.52. The van der Waals surface area contributed by atoms with Gasteiger partial charge in [-0.25, -0.2) is 13.2 Å². The van der Waals surface area contributed by atoms with E-state index in [0.29, 0.717) is 5.46 Å². The number of rotatable bonds is 4. The topological polar surface area (TPSA) is 27.7 Å². The molecule has 0 aromatic heterocycles. The van der Waals surface area contributed by atoms with Gasteiger partial charge in [-0.1, -0.05) is 6.07 Å². The van der Waals surface area contributed by atoms with E-state index in [9.17, 15) is 13.2 Å². The van der Waals surface area contributed by atoms with Crippen molar-refractivity contribution in [3.05, 3.63) is 24.0 Å². The maximum Gasteiger partial charge on any atom is 0.498 e. The number of benzene rings is 1. The number of ether oxygens (including phenoxy) is 1. The number of hydrogen-bond acceptors (Lipinski definition) is 3. The van der Waals surface area contributed by atoms with Crippen LogP contribution in [0.15, 0.2) is 18.2 Å². The van der Waals surface area contributed by atoms with E-state index in [1.54, 1.807) is 0 Å². The molecule has 0 radical (unpaired) electrons. The van der Waals surface area contributed by atoms with Gasteiger partial charge in [0.2, 0.25) is 0 Å². The summed E-state index contributed by atoms with van der Waals surface area (Å²) in [6.07, 6.45) is -2.64. The Balaban J connectivity index is 2.28. The molecule has 0 atom stereocenters. The predicted molar refractivity (Wildman–Crippen MR) is 73.6 cm³/mol. The van der Waals surface area contributed by atoms with Crippen LogP contribution in [0.1, 0.15) is 27.7 Å². The molecule has 7 heteroatoms. The van der Waals surface area contributed by atoms with Crippen LogP contribution in [0.25, 0.3) is 0 Å². The van der Waals surface area contributed by atoms with Crippen molar-refractivity contribution in [3.8, 4) is 5.75 Å². The monoisotopic (exact) mass is 302 g/mol. The van der Waals surface area contributed by atoms with Gasteiger partial charge < -0.3 is 14.0 Å². The number of hydrogen-bond donors (Lipinski definition) is 0. The van der Waals surface area contributed by atoms with Crippen LogP contribution < -0.4 is 10.2 Å². The maximum absolute atomic E-state index is 13.3. The quantitative estimate of drug-likeness (QED) is 0.801. The molecule has 2 rings (SSSR count). The van der Waals surface area contributed by atoms with Gasteiger partial charge in [-0.05, 0) is 33.8 Å². The van der Waals surface area contributed by atoms with Crippen molar-refractivity contribution in [1.82, 2.24) is 0 Å². The Bertz CT molecular complexity index is 504. The Morgan fingerprint density at radius 2 is 1.71 bits per heavy atom. The van der Waals surface area contributed by atoms with Crippen LogP contribution in [-0.4, -0.2) is 31.4 Å². The first-order chi connectivity index (χ1) is 9.62. The Hall–Kier alpha value is -1.21. The largest absolute Gasteiger partial charge is 0.498 e. The Kier molecular flexibility index (Phi) is 4.26. The summed E-state index contributed by atoms with van der Waals surface area (Å²) in [6.45, 7) is 6.68. The van der Waals surface area contributed by atoms with Crippen molar-refractivity contribution >= 4 is 12.6 Å². The average molecular weight is 302 g/mol. The maximum atomic E-state index is 13.3. The van der Waals surface area contributed by atoms with Crippen molar-refractivity contribution in [3.63, 3.8) is 0 Å². The van der Waals surface area contributed by atoms with Crippen LogP contribution >= 0.6 is 0 Å². The normalized spacial score (nSPS) is 20.1. The van der Waals surface area contributed by atoms with Crippen LogP contribution in [-0.2, 0) is 9.31 Å². The molecule has 3 nitrogen and oxygen atoms in total. The van der Waals surface area contributed by atoms with Crippen molar-refractivity contribution in [2.75, 3.05) is 6.61 Å². The minimum Gasteiger partial charge on any atom is -0.488 e. The van der Waals surface area contributed by atoms with E-state index < -0.39 is 37.2 Å². The lowest BCUT2D eigenvalue weighted by atomic mass is 9.78. The SMILES string of the molecule is CC1(C)OB(c2ccc(F)cc2OCC(F)F)OC1(C)C. The summed E-state index contributed by atoms with van der Waals surface area (Å²) in [7, 11) is -0.789. The second-order valence-corrected chi connectivity index (χ2v) is 5.97. The zero-order valence-electron chi connectivity index (χ0n) is 12.5. The van der Waals surface area contributed by atoms with Gasteiger partial charge in [0, 0.05) is 11.5 Å². The van der Waals surface area contributed by atoms with Crippen molar-refractivity contribution in [2.45, 2.75) is 45.3 Å². The molecule has 0 bridgehead atoms. The first-order valence-electron chi connectivity index (χ1n) is 6.68. The van der Waals surface area contributed by atoms with E-state index in [1.165, 1.54) is 12.1 Å². The minimum absolute atomic E-state index is 0.00815. The molecule has 0 unspecified atom stereocenters. The van der Waals surface area contributed by atoms with Crippen molar-refractivity contribution in [1.29, 1.82) is 0 Å². The predicted octanol–water partition coefficient (Wildman–Crippen LogP) is 2.77. The zero-order chi connectivity index (χ0) is 15.8. The lowest BCUT2D eigenvalue weighted by Crippen LogP contribution is -2.41. The molecule has 1 aliphatic rings. The molecule has 1 fully saturated rings. The summed E-state index contributed by atoms with van der Waals surface area (Å²) in [5.41, 5.74) is -0.756. The van der Waals surface area contributed by atoms with E-state index in [2.05, 4.69) is 0 Å². The van der Waals surface area contributed by atoms with Gasteiger partial charge in [0.05, 0.1) is 11.2 Å². The smallest absolute Gasteiger partial charge is 0.488 e. The molecule has 1 aliphatic heterocycles.